The number of amides is 1. The molecule has 1 amide bonds. The Morgan fingerprint density at radius 1 is 1.43 bits per heavy atom. The van der Waals surface area contributed by atoms with E-state index in [9.17, 15) is 9.59 Å². The molecule has 0 radical (unpaired) electrons. The molecule has 2 heterocycles. The Hall–Kier alpha value is -2.75. The SMILES string of the molecule is Cn1c(=O)n(C2CCN(C(=O)O)C2)c2ccc(C#N)cc21. The van der Waals surface area contributed by atoms with Crippen LogP contribution in [0.3, 0.4) is 0 Å². The molecule has 1 atom stereocenters. The van der Waals surface area contributed by atoms with Gasteiger partial charge in [0.15, 0.2) is 0 Å². The van der Waals surface area contributed by atoms with E-state index in [0.29, 0.717) is 30.6 Å². The monoisotopic (exact) mass is 286 g/mol. The van der Waals surface area contributed by atoms with Crippen LogP contribution < -0.4 is 5.69 Å². The van der Waals surface area contributed by atoms with Gasteiger partial charge in [-0.25, -0.2) is 9.59 Å². The van der Waals surface area contributed by atoms with Crippen LogP contribution in [0.15, 0.2) is 23.0 Å². The molecular weight excluding hydrogens is 272 g/mol. The molecule has 1 aliphatic heterocycles. The fourth-order valence-electron chi connectivity index (χ4n) is 2.91. The number of benzene rings is 1. The van der Waals surface area contributed by atoms with Gasteiger partial charge in [-0.1, -0.05) is 0 Å². The third-order valence-corrected chi connectivity index (χ3v) is 4.02. The van der Waals surface area contributed by atoms with Crippen LogP contribution in [-0.4, -0.2) is 38.3 Å². The fraction of sp³-hybridized carbons (Fsp3) is 0.357. The van der Waals surface area contributed by atoms with Crippen molar-refractivity contribution < 1.29 is 9.90 Å². The highest BCUT2D eigenvalue weighted by atomic mass is 16.4. The minimum Gasteiger partial charge on any atom is -0.465 e. The van der Waals surface area contributed by atoms with E-state index in [1.54, 1.807) is 29.8 Å². The minimum atomic E-state index is -0.961. The lowest BCUT2D eigenvalue weighted by Crippen LogP contribution is -2.30. The number of hydrogen-bond acceptors (Lipinski definition) is 3. The average molecular weight is 286 g/mol. The summed E-state index contributed by atoms with van der Waals surface area (Å²) in [6.45, 7) is 0.744. The second-order valence-electron chi connectivity index (χ2n) is 5.20. The molecule has 1 N–H and O–H groups in total. The Labute approximate surface area is 120 Å². The van der Waals surface area contributed by atoms with Crippen molar-refractivity contribution in [2.24, 2.45) is 7.05 Å². The topological polar surface area (TPSA) is 91.3 Å². The van der Waals surface area contributed by atoms with Crippen LogP contribution in [0.2, 0.25) is 0 Å². The Morgan fingerprint density at radius 3 is 2.81 bits per heavy atom. The summed E-state index contributed by atoms with van der Waals surface area (Å²) in [4.78, 5) is 24.8. The maximum absolute atomic E-state index is 12.4. The summed E-state index contributed by atoms with van der Waals surface area (Å²) in [5.74, 6) is 0. The molecule has 1 aromatic carbocycles. The Bertz CT molecular complexity index is 827. The highest BCUT2D eigenvalue weighted by molar-refractivity contribution is 5.78. The van der Waals surface area contributed by atoms with Crippen molar-refractivity contribution >= 4 is 17.1 Å². The van der Waals surface area contributed by atoms with Gasteiger partial charge in [0.1, 0.15) is 0 Å². The molecular formula is C14H14N4O3. The molecule has 108 valence electrons. The van der Waals surface area contributed by atoms with E-state index < -0.39 is 6.09 Å². The molecule has 0 spiro atoms. The molecule has 0 saturated carbocycles. The maximum Gasteiger partial charge on any atom is 0.407 e. The summed E-state index contributed by atoms with van der Waals surface area (Å²) in [7, 11) is 1.66. The molecule has 2 aromatic rings. The summed E-state index contributed by atoms with van der Waals surface area (Å²) in [6, 6.07) is 6.99. The van der Waals surface area contributed by atoms with Crippen molar-refractivity contribution in [1.82, 2.24) is 14.0 Å². The van der Waals surface area contributed by atoms with Crippen molar-refractivity contribution in [3.05, 3.63) is 34.2 Å². The van der Waals surface area contributed by atoms with E-state index in [2.05, 4.69) is 6.07 Å². The molecule has 1 fully saturated rings. The van der Waals surface area contributed by atoms with E-state index in [4.69, 9.17) is 10.4 Å². The molecule has 1 aromatic heterocycles. The second kappa shape index (κ2) is 4.66. The Morgan fingerprint density at radius 2 is 2.19 bits per heavy atom. The lowest BCUT2D eigenvalue weighted by Gasteiger charge is -2.13. The summed E-state index contributed by atoms with van der Waals surface area (Å²) in [5.41, 5.74) is 1.73. The number of nitrogens with zero attached hydrogens (tertiary/aromatic N) is 4. The third-order valence-electron chi connectivity index (χ3n) is 4.02. The van der Waals surface area contributed by atoms with Gasteiger partial charge < -0.3 is 10.0 Å². The number of nitriles is 1. The van der Waals surface area contributed by atoms with E-state index in [1.165, 1.54) is 9.47 Å². The fourth-order valence-corrected chi connectivity index (χ4v) is 2.91. The van der Waals surface area contributed by atoms with Crippen LogP contribution in [0.1, 0.15) is 18.0 Å². The number of fused-ring (bicyclic) bond motifs is 1. The van der Waals surface area contributed by atoms with Crippen molar-refractivity contribution in [3.63, 3.8) is 0 Å². The molecule has 0 aliphatic carbocycles. The standard InChI is InChI=1S/C14H14N4O3/c1-16-12-6-9(7-15)2-3-11(12)18(13(16)19)10-4-5-17(8-10)14(20)21/h2-3,6,10H,4-5,8H2,1H3,(H,20,21). The number of likely N-dealkylation sites (tertiary alicyclic amines) is 1. The molecule has 21 heavy (non-hydrogen) atoms. The van der Waals surface area contributed by atoms with Crippen LogP contribution in [0.5, 0.6) is 0 Å². The molecule has 7 nitrogen and oxygen atoms in total. The zero-order valence-corrected chi connectivity index (χ0v) is 11.5. The summed E-state index contributed by atoms with van der Waals surface area (Å²) in [6.07, 6.45) is -0.344. The first-order valence-corrected chi connectivity index (χ1v) is 6.62. The lowest BCUT2D eigenvalue weighted by molar-refractivity contribution is 0.154. The number of imidazole rings is 1. The predicted molar refractivity (Wildman–Crippen MR) is 75.1 cm³/mol. The lowest BCUT2D eigenvalue weighted by atomic mass is 10.2. The first-order chi connectivity index (χ1) is 10.0. The predicted octanol–water partition coefficient (Wildman–Crippen LogP) is 1.14. The average Bonchev–Trinajstić information content (AvgIpc) is 3.04. The number of carbonyl (C=O) groups is 1. The van der Waals surface area contributed by atoms with E-state index in [-0.39, 0.29) is 11.7 Å². The number of aryl methyl sites for hydroxylation is 1. The Balaban J connectivity index is 2.12. The van der Waals surface area contributed by atoms with Crippen LogP contribution in [0.25, 0.3) is 11.0 Å². The van der Waals surface area contributed by atoms with E-state index >= 15 is 0 Å². The van der Waals surface area contributed by atoms with Crippen LogP contribution in [0, 0.1) is 11.3 Å². The van der Waals surface area contributed by atoms with E-state index in [0.717, 1.165) is 5.52 Å². The second-order valence-corrected chi connectivity index (χ2v) is 5.20. The summed E-state index contributed by atoms with van der Waals surface area (Å²) >= 11 is 0. The third kappa shape index (κ3) is 1.96. The van der Waals surface area contributed by atoms with Gasteiger partial charge in [-0.2, -0.15) is 5.26 Å². The van der Waals surface area contributed by atoms with Gasteiger partial charge in [-0.05, 0) is 24.6 Å². The van der Waals surface area contributed by atoms with Crippen LogP contribution in [0.4, 0.5) is 4.79 Å². The number of hydrogen-bond donors (Lipinski definition) is 1. The zero-order chi connectivity index (χ0) is 15.1. The van der Waals surface area contributed by atoms with Crippen LogP contribution in [-0.2, 0) is 7.05 Å². The molecule has 1 unspecified atom stereocenters. The normalized spacial score (nSPS) is 18.1. The smallest absolute Gasteiger partial charge is 0.407 e. The number of rotatable bonds is 1. The molecule has 1 saturated heterocycles. The number of carboxylic acid groups (broad SMARTS) is 1. The van der Waals surface area contributed by atoms with Gasteiger partial charge in [0.05, 0.1) is 28.7 Å². The molecule has 7 heteroatoms. The van der Waals surface area contributed by atoms with Gasteiger partial charge in [0, 0.05) is 20.1 Å². The van der Waals surface area contributed by atoms with Gasteiger partial charge >= 0.3 is 11.8 Å². The van der Waals surface area contributed by atoms with Gasteiger partial charge in [0.25, 0.3) is 0 Å². The van der Waals surface area contributed by atoms with Gasteiger partial charge in [-0.15, -0.1) is 0 Å². The van der Waals surface area contributed by atoms with Gasteiger partial charge in [-0.3, -0.25) is 9.13 Å². The minimum absolute atomic E-state index is 0.162. The molecule has 3 rings (SSSR count). The van der Waals surface area contributed by atoms with Crippen LogP contribution >= 0.6 is 0 Å². The first-order valence-electron chi connectivity index (χ1n) is 6.62. The van der Waals surface area contributed by atoms with Crippen molar-refractivity contribution in [2.75, 3.05) is 13.1 Å². The molecule has 1 aliphatic rings. The van der Waals surface area contributed by atoms with Crippen molar-refractivity contribution in [1.29, 1.82) is 5.26 Å². The Kier molecular flexibility index (Phi) is 2.94. The highest BCUT2D eigenvalue weighted by Crippen LogP contribution is 2.25. The summed E-state index contributed by atoms with van der Waals surface area (Å²) < 4.78 is 3.14. The van der Waals surface area contributed by atoms with Crippen molar-refractivity contribution in [2.45, 2.75) is 12.5 Å². The van der Waals surface area contributed by atoms with Crippen molar-refractivity contribution in [3.8, 4) is 6.07 Å². The van der Waals surface area contributed by atoms with Gasteiger partial charge in [0.2, 0.25) is 0 Å². The zero-order valence-electron chi connectivity index (χ0n) is 11.5. The highest BCUT2D eigenvalue weighted by Gasteiger charge is 2.29. The molecule has 0 bridgehead atoms. The maximum atomic E-state index is 12.4. The first kappa shape index (κ1) is 13.2. The number of aromatic nitrogens is 2. The quantitative estimate of drug-likeness (QED) is 0.850. The van der Waals surface area contributed by atoms with E-state index in [1.807, 2.05) is 0 Å². The summed E-state index contributed by atoms with van der Waals surface area (Å²) in [5, 5.41) is 18.0. The largest absolute Gasteiger partial charge is 0.465 e.